The molecule has 0 atom stereocenters. The molecule has 0 fully saturated rings. The molecule has 0 unspecified atom stereocenters. The molecule has 0 aliphatic rings. The van der Waals surface area contributed by atoms with Crippen molar-refractivity contribution in [2.45, 2.75) is 20.4 Å². The van der Waals surface area contributed by atoms with Crippen molar-refractivity contribution < 1.29 is 0 Å². The van der Waals surface area contributed by atoms with Crippen LogP contribution in [0, 0.1) is 13.8 Å². The molecule has 3 heterocycles. The Bertz CT molecular complexity index is 1070. The Hall–Kier alpha value is -2.99. The van der Waals surface area contributed by atoms with Gasteiger partial charge in [-0.3, -0.25) is 4.98 Å². The van der Waals surface area contributed by atoms with Gasteiger partial charge in [0.2, 0.25) is 0 Å². The summed E-state index contributed by atoms with van der Waals surface area (Å²) in [6.45, 7) is 4.54. The zero-order valence-corrected chi connectivity index (χ0v) is 15.2. The summed E-state index contributed by atoms with van der Waals surface area (Å²) in [4.78, 5) is 13.7. The minimum absolute atomic E-state index is 0.591. The van der Waals surface area contributed by atoms with Crippen molar-refractivity contribution in [2.75, 3.05) is 5.32 Å². The van der Waals surface area contributed by atoms with Crippen molar-refractivity contribution in [3.8, 4) is 5.82 Å². The van der Waals surface area contributed by atoms with E-state index in [4.69, 9.17) is 21.6 Å². The van der Waals surface area contributed by atoms with Crippen molar-refractivity contribution in [1.29, 1.82) is 0 Å². The van der Waals surface area contributed by atoms with Gasteiger partial charge in [-0.25, -0.2) is 14.6 Å². The second kappa shape index (κ2) is 6.72. The Balaban J connectivity index is 1.82. The average Bonchev–Trinajstić information content (AvgIpc) is 2.98. The van der Waals surface area contributed by atoms with Crippen molar-refractivity contribution in [3.63, 3.8) is 0 Å². The Morgan fingerprint density at radius 1 is 1.08 bits per heavy atom. The first-order valence-corrected chi connectivity index (χ1v) is 8.62. The van der Waals surface area contributed by atoms with Gasteiger partial charge in [-0.1, -0.05) is 17.7 Å². The Morgan fingerprint density at radius 2 is 1.96 bits per heavy atom. The van der Waals surface area contributed by atoms with Crippen LogP contribution in [-0.4, -0.2) is 24.7 Å². The number of hydrogen-bond donors (Lipinski definition) is 1. The van der Waals surface area contributed by atoms with Crippen molar-refractivity contribution in [1.82, 2.24) is 24.7 Å². The minimum atomic E-state index is 0.591. The summed E-state index contributed by atoms with van der Waals surface area (Å²) in [6, 6.07) is 11.4. The zero-order chi connectivity index (χ0) is 18.1. The van der Waals surface area contributed by atoms with Gasteiger partial charge in [0.15, 0.2) is 11.6 Å². The normalized spacial score (nSPS) is 11.0. The highest BCUT2D eigenvalue weighted by Crippen LogP contribution is 2.24. The molecule has 4 aromatic rings. The van der Waals surface area contributed by atoms with Crippen LogP contribution >= 0.6 is 11.6 Å². The van der Waals surface area contributed by atoms with Crippen LogP contribution in [0.5, 0.6) is 0 Å². The van der Waals surface area contributed by atoms with E-state index in [1.807, 2.05) is 56.4 Å². The number of anilines is 1. The van der Waals surface area contributed by atoms with E-state index >= 15 is 0 Å². The summed E-state index contributed by atoms with van der Waals surface area (Å²) in [5.41, 5.74) is 4.47. The van der Waals surface area contributed by atoms with Crippen LogP contribution < -0.4 is 5.32 Å². The maximum atomic E-state index is 6.12. The van der Waals surface area contributed by atoms with Gasteiger partial charge < -0.3 is 5.32 Å². The second-order valence-corrected chi connectivity index (χ2v) is 6.52. The van der Waals surface area contributed by atoms with Crippen molar-refractivity contribution >= 4 is 28.5 Å². The minimum Gasteiger partial charge on any atom is -0.363 e. The first-order chi connectivity index (χ1) is 12.6. The Labute approximate surface area is 155 Å². The highest BCUT2D eigenvalue weighted by atomic mass is 35.5. The molecule has 0 aliphatic heterocycles. The molecule has 7 heteroatoms. The van der Waals surface area contributed by atoms with Gasteiger partial charge in [-0.15, -0.1) is 0 Å². The molecule has 1 aromatic carbocycles. The first kappa shape index (κ1) is 16.5. The molecule has 1 N–H and O–H groups in total. The number of pyridine rings is 1. The number of nitrogens with one attached hydrogen (secondary N) is 1. The first-order valence-electron chi connectivity index (χ1n) is 8.24. The van der Waals surface area contributed by atoms with Crippen molar-refractivity contribution in [3.05, 3.63) is 70.8 Å². The SMILES string of the molecule is Cc1cc(C)n(-c2nc3cc(Cl)ccc3nc2NCc2cccnc2)n1. The van der Waals surface area contributed by atoms with Gasteiger partial charge in [0.1, 0.15) is 0 Å². The van der Waals surface area contributed by atoms with Gasteiger partial charge >= 0.3 is 0 Å². The molecular weight excluding hydrogens is 348 g/mol. The smallest absolute Gasteiger partial charge is 0.197 e. The van der Waals surface area contributed by atoms with Crippen LogP contribution in [0.4, 0.5) is 5.82 Å². The number of rotatable bonds is 4. The molecule has 3 aromatic heterocycles. The third-order valence-corrected chi connectivity index (χ3v) is 4.24. The Kier molecular flexibility index (Phi) is 4.26. The van der Waals surface area contributed by atoms with Crippen LogP contribution in [0.1, 0.15) is 17.0 Å². The van der Waals surface area contributed by atoms with E-state index < -0.39 is 0 Å². The molecule has 0 spiro atoms. The molecule has 0 amide bonds. The average molecular weight is 365 g/mol. The molecule has 0 radical (unpaired) electrons. The second-order valence-electron chi connectivity index (χ2n) is 6.08. The summed E-state index contributed by atoms with van der Waals surface area (Å²) >= 11 is 6.12. The zero-order valence-electron chi connectivity index (χ0n) is 14.4. The lowest BCUT2D eigenvalue weighted by atomic mass is 10.3. The van der Waals surface area contributed by atoms with Crippen LogP contribution in [0.25, 0.3) is 16.9 Å². The Morgan fingerprint density at radius 3 is 2.69 bits per heavy atom. The number of halogens is 1. The molecule has 0 saturated heterocycles. The van der Waals surface area contributed by atoms with E-state index in [0.717, 1.165) is 28.0 Å². The molecule has 4 rings (SSSR count). The third-order valence-electron chi connectivity index (χ3n) is 4.00. The summed E-state index contributed by atoms with van der Waals surface area (Å²) < 4.78 is 1.80. The molecule has 0 saturated carbocycles. The number of fused-ring (bicyclic) bond motifs is 1. The van der Waals surface area contributed by atoms with Gasteiger partial charge in [0.25, 0.3) is 0 Å². The molecule has 6 nitrogen and oxygen atoms in total. The molecular formula is C19H17ClN6. The summed E-state index contributed by atoms with van der Waals surface area (Å²) in [7, 11) is 0. The molecule has 0 bridgehead atoms. The molecule has 26 heavy (non-hydrogen) atoms. The summed E-state index contributed by atoms with van der Waals surface area (Å²) in [5.74, 6) is 1.31. The predicted molar refractivity (Wildman–Crippen MR) is 103 cm³/mol. The fraction of sp³-hybridized carbons (Fsp3) is 0.158. The van der Waals surface area contributed by atoms with E-state index in [2.05, 4.69) is 15.4 Å². The monoisotopic (exact) mass is 364 g/mol. The number of nitrogens with zero attached hydrogens (tertiary/aromatic N) is 5. The van der Waals surface area contributed by atoms with E-state index in [1.54, 1.807) is 10.9 Å². The molecule has 130 valence electrons. The van der Waals surface area contributed by atoms with Crippen LogP contribution in [0.3, 0.4) is 0 Å². The fourth-order valence-electron chi connectivity index (χ4n) is 2.82. The standard InChI is InChI=1S/C19H17ClN6/c1-12-8-13(2)26(25-12)19-18(22-11-14-4-3-7-21-10-14)23-16-6-5-15(20)9-17(16)24-19/h3-10H,11H2,1-2H3,(H,22,23). The highest BCUT2D eigenvalue weighted by Gasteiger charge is 2.14. The third kappa shape index (κ3) is 3.23. The van der Waals surface area contributed by atoms with E-state index in [-0.39, 0.29) is 0 Å². The van der Waals surface area contributed by atoms with Crippen LogP contribution in [-0.2, 0) is 6.54 Å². The lowest BCUT2D eigenvalue weighted by Crippen LogP contribution is -2.11. The number of hydrogen-bond acceptors (Lipinski definition) is 5. The maximum Gasteiger partial charge on any atom is 0.197 e. The van der Waals surface area contributed by atoms with E-state index in [1.165, 1.54) is 0 Å². The van der Waals surface area contributed by atoms with Crippen LogP contribution in [0.15, 0.2) is 48.8 Å². The van der Waals surface area contributed by atoms with Crippen molar-refractivity contribution in [2.24, 2.45) is 0 Å². The van der Waals surface area contributed by atoms with Gasteiger partial charge in [-0.05, 0) is 49.7 Å². The van der Waals surface area contributed by atoms with E-state index in [0.29, 0.717) is 23.2 Å². The number of benzene rings is 1. The quantitative estimate of drug-likeness (QED) is 0.590. The largest absolute Gasteiger partial charge is 0.363 e. The number of aromatic nitrogens is 5. The maximum absolute atomic E-state index is 6.12. The predicted octanol–water partition coefficient (Wildman–Crippen LogP) is 4.09. The fourth-order valence-corrected chi connectivity index (χ4v) is 2.98. The summed E-state index contributed by atoms with van der Waals surface area (Å²) in [6.07, 6.45) is 3.58. The lowest BCUT2D eigenvalue weighted by molar-refractivity contribution is 0.805. The number of aryl methyl sites for hydroxylation is 2. The van der Waals surface area contributed by atoms with Gasteiger partial charge in [-0.2, -0.15) is 5.10 Å². The van der Waals surface area contributed by atoms with Crippen LogP contribution in [0.2, 0.25) is 5.02 Å². The topological polar surface area (TPSA) is 68.5 Å². The summed E-state index contributed by atoms with van der Waals surface area (Å²) in [5, 5.41) is 8.55. The van der Waals surface area contributed by atoms with Gasteiger partial charge in [0, 0.05) is 29.7 Å². The van der Waals surface area contributed by atoms with Gasteiger partial charge in [0.05, 0.1) is 16.7 Å². The molecule has 0 aliphatic carbocycles. The highest BCUT2D eigenvalue weighted by molar-refractivity contribution is 6.31. The lowest BCUT2D eigenvalue weighted by Gasteiger charge is -2.13. The van der Waals surface area contributed by atoms with E-state index in [9.17, 15) is 0 Å².